The lowest BCUT2D eigenvalue weighted by molar-refractivity contribution is 0.0588. The number of allylic oxidation sites excluding steroid dienone is 1. The van der Waals surface area contributed by atoms with Gasteiger partial charge in [0.25, 0.3) is 0 Å². The van der Waals surface area contributed by atoms with Crippen molar-refractivity contribution in [1.29, 1.82) is 0 Å². The van der Waals surface area contributed by atoms with E-state index in [1.807, 2.05) is 0 Å². The maximum Gasteiger partial charge on any atom is 0.507 e. The van der Waals surface area contributed by atoms with Crippen LogP contribution in [0.1, 0.15) is 0 Å². The van der Waals surface area contributed by atoms with Crippen molar-refractivity contribution in [2.45, 2.75) is 3.61 Å². The molecule has 1 aliphatic carbocycles. The molecule has 7 nitrogen and oxygen atoms in total. The van der Waals surface area contributed by atoms with Gasteiger partial charge in [-0.05, 0) is 40.0 Å². The number of aliphatic hydroxyl groups is 1. The predicted molar refractivity (Wildman–Crippen MR) is 56.9 cm³/mol. The molecule has 0 amide bonds. The zero-order valence-corrected chi connectivity index (χ0v) is 9.24. The second-order valence-corrected chi connectivity index (χ2v) is 4.32. The SMILES string of the molecule is O=C(O)OC1(I)C=CC2=NN=NC2=C1O. The number of carbonyl (C=O) groups is 1. The summed E-state index contributed by atoms with van der Waals surface area (Å²) in [5, 5.41) is 28.8. The number of fused-ring (bicyclic) bond motifs is 1. The van der Waals surface area contributed by atoms with Crippen molar-refractivity contribution in [2.24, 2.45) is 15.4 Å². The summed E-state index contributed by atoms with van der Waals surface area (Å²) in [4.78, 5) is 10.4. The Morgan fingerprint density at radius 2 is 2.33 bits per heavy atom. The molecule has 0 saturated carbocycles. The fraction of sp³-hybridized carbons (Fsp3) is 0.143. The quantitative estimate of drug-likeness (QED) is 0.438. The van der Waals surface area contributed by atoms with Gasteiger partial charge in [-0.25, -0.2) is 4.79 Å². The first kappa shape index (κ1) is 10.1. The third-order valence-corrected chi connectivity index (χ3v) is 2.87. The summed E-state index contributed by atoms with van der Waals surface area (Å²) < 4.78 is 3.09. The zero-order chi connectivity index (χ0) is 11.1. The van der Waals surface area contributed by atoms with E-state index in [1.54, 1.807) is 22.6 Å². The van der Waals surface area contributed by atoms with Crippen molar-refractivity contribution in [2.75, 3.05) is 0 Å². The number of carboxylic acid groups (broad SMARTS) is 1. The van der Waals surface area contributed by atoms with Crippen LogP contribution in [0.25, 0.3) is 0 Å². The molecular formula is C7H4IN3O4. The topological polar surface area (TPSA) is 104 Å². The Morgan fingerprint density at radius 1 is 1.60 bits per heavy atom. The maximum atomic E-state index is 10.4. The van der Waals surface area contributed by atoms with Gasteiger partial charge in [-0.2, -0.15) is 0 Å². The van der Waals surface area contributed by atoms with Crippen molar-refractivity contribution >= 4 is 34.5 Å². The lowest BCUT2D eigenvalue weighted by atomic mass is 10.1. The van der Waals surface area contributed by atoms with E-state index in [0.717, 1.165) is 0 Å². The normalized spacial score (nSPS) is 27.7. The number of nitrogens with zero attached hydrogens (tertiary/aromatic N) is 3. The molecule has 78 valence electrons. The van der Waals surface area contributed by atoms with E-state index < -0.39 is 9.76 Å². The van der Waals surface area contributed by atoms with E-state index in [9.17, 15) is 9.90 Å². The van der Waals surface area contributed by atoms with Crippen LogP contribution in [0.5, 0.6) is 0 Å². The van der Waals surface area contributed by atoms with Crippen LogP contribution in [0, 0.1) is 0 Å². The molecule has 2 N–H and O–H groups in total. The zero-order valence-electron chi connectivity index (χ0n) is 7.09. The number of halogens is 1. The summed E-state index contributed by atoms with van der Waals surface area (Å²) in [6.45, 7) is 0. The van der Waals surface area contributed by atoms with Gasteiger partial charge in [0.05, 0.1) is 0 Å². The molecule has 2 rings (SSSR count). The van der Waals surface area contributed by atoms with Crippen LogP contribution < -0.4 is 0 Å². The Labute approximate surface area is 97.0 Å². The molecule has 0 aromatic carbocycles. The summed E-state index contributed by atoms with van der Waals surface area (Å²) in [7, 11) is 0. The smallest absolute Gasteiger partial charge is 0.505 e. The second-order valence-electron chi connectivity index (χ2n) is 2.72. The first-order chi connectivity index (χ1) is 7.03. The summed E-state index contributed by atoms with van der Waals surface area (Å²) in [6, 6.07) is 0. The Bertz CT molecular complexity index is 453. The van der Waals surface area contributed by atoms with Gasteiger partial charge in [0, 0.05) is 0 Å². The molecule has 8 heteroatoms. The molecule has 0 radical (unpaired) electrons. The lowest BCUT2D eigenvalue weighted by Crippen LogP contribution is -2.31. The third kappa shape index (κ3) is 1.60. The molecule has 0 aromatic rings. The van der Waals surface area contributed by atoms with Gasteiger partial charge in [-0.3, -0.25) is 0 Å². The first-order valence-electron chi connectivity index (χ1n) is 3.76. The van der Waals surface area contributed by atoms with Gasteiger partial charge in [0.2, 0.25) is 3.61 Å². The fourth-order valence-electron chi connectivity index (χ4n) is 1.13. The number of hydrogen-bond donors (Lipinski definition) is 2. The predicted octanol–water partition coefficient (Wildman–Crippen LogP) is 1.97. The molecule has 0 saturated heterocycles. The van der Waals surface area contributed by atoms with E-state index >= 15 is 0 Å². The third-order valence-electron chi connectivity index (χ3n) is 1.78. The highest BCUT2D eigenvalue weighted by molar-refractivity contribution is 14.1. The van der Waals surface area contributed by atoms with Crippen LogP contribution in [0.2, 0.25) is 0 Å². The van der Waals surface area contributed by atoms with Crippen LogP contribution in [0.4, 0.5) is 4.79 Å². The summed E-state index contributed by atoms with van der Waals surface area (Å²) in [6.07, 6.45) is 1.37. The second kappa shape index (κ2) is 3.29. The van der Waals surface area contributed by atoms with Crippen molar-refractivity contribution in [3.8, 4) is 0 Å². The van der Waals surface area contributed by atoms with Crippen molar-refractivity contribution in [1.82, 2.24) is 0 Å². The van der Waals surface area contributed by atoms with Crippen molar-refractivity contribution < 1.29 is 19.7 Å². The highest BCUT2D eigenvalue weighted by Crippen LogP contribution is 2.37. The Kier molecular flexibility index (Phi) is 2.21. The molecule has 1 unspecified atom stereocenters. The average molecular weight is 321 g/mol. The molecule has 0 spiro atoms. The summed E-state index contributed by atoms with van der Waals surface area (Å²) in [5.41, 5.74) is 0.516. The first-order valence-corrected chi connectivity index (χ1v) is 4.84. The van der Waals surface area contributed by atoms with Crippen LogP contribution in [0.3, 0.4) is 0 Å². The molecule has 15 heavy (non-hydrogen) atoms. The van der Waals surface area contributed by atoms with Crippen LogP contribution in [0.15, 0.2) is 39.0 Å². The molecule has 0 aromatic heterocycles. The molecule has 1 atom stereocenters. The van der Waals surface area contributed by atoms with Crippen LogP contribution in [-0.2, 0) is 4.74 Å². The summed E-state index contributed by atoms with van der Waals surface area (Å²) in [5.74, 6) is -0.326. The largest absolute Gasteiger partial charge is 0.507 e. The van der Waals surface area contributed by atoms with Gasteiger partial charge in [0.1, 0.15) is 5.71 Å². The van der Waals surface area contributed by atoms with Crippen LogP contribution in [-0.4, -0.2) is 25.7 Å². The molecule has 0 bridgehead atoms. The molecule has 2 aliphatic rings. The highest BCUT2D eigenvalue weighted by Gasteiger charge is 2.40. The molecule has 1 aliphatic heterocycles. The van der Waals surface area contributed by atoms with Gasteiger partial charge < -0.3 is 14.9 Å². The molecule has 1 heterocycles. The number of rotatable bonds is 1. The van der Waals surface area contributed by atoms with Gasteiger partial charge in [-0.1, -0.05) is 0 Å². The van der Waals surface area contributed by atoms with Gasteiger partial charge >= 0.3 is 6.16 Å². The average Bonchev–Trinajstić information content (AvgIpc) is 2.59. The van der Waals surface area contributed by atoms with E-state index in [2.05, 4.69) is 20.2 Å². The molecular weight excluding hydrogens is 317 g/mol. The van der Waals surface area contributed by atoms with Gasteiger partial charge in [-0.15, -0.1) is 10.2 Å². The van der Waals surface area contributed by atoms with E-state index in [1.165, 1.54) is 12.2 Å². The van der Waals surface area contributed by atoms with E-state index in [0.29, 0.717) is 5.71 Å². The van der Waals surface area contributed by atoms with Crippen molar-refractivity contribution in [3.63, 3.8) is 0 Å². The number of alkyl halides is 1. The fourth-order valence-corrected chi connectivity index (χ4v) is 1.75. The van der Waals surface area contributed by atoms with Crippen molar-refractivity contribution in [3.05, 3.63) is 23.6 Å². The van der Waals surface area contributed by atoms with E-state index in [4.69, 9.17) is 5.11 Å². The van der Waals surface area contributed by atoms with Gasteiger partial charge in [0.15, 0.2) is 11.5 Å². The Hall–Kier alpha value is -1.45. The number of hydrogen-bond acceptors (Lipinski definition) is 6. The lowest BCUT2D eigenvalue weighted by Gasteiger charge is -2.24. The Morgan fingerprint density at radius 3 is 3.00 bits per heavy atom. The van der Waals surface area contributed by atoms with Crippen LogP contribution >= 0.6 is 22.6 Å². The highest BCUT2D eigenvalue weighted by atomic mass is 127. The minimum atomic E-state index is -1.49. The molecule has 0 fully saturated rings. The minimum absolute atomic E-state index is 0.133. The summed E-state index contributed by atoms with van der Waals surface area (Å²) >= 11 is 1.65. The monoisotopic (exact) mass is 321 g/mol. The van der Waals surface area contributed by atoms with E-state index in [-0.39, 0.29) is 11.5 Å². The standard InChI is InChI=1S/C7H4IN3O4/c8-7(15-6(13)14)2-1-3-4(5(7)12)10-11-9-3/h1-2,12H,(H,13,14). The Balaban J connectivity index is 2.42. The number of ether oxygens (including phenoxy) is 1. The minimum Gasteiger partial charge on any atom is -0.505 e. The number of aliphatic hydroxyl groups excluding tert-OH is 1. The maximum absolute atomic E-state index is 10.4.